The van der Waals surface area contributed by atoms with Crippen molar-refractivity contribution in [2.45, 2.75) is 235 Å². The Balaban J connectivity index is 2.35. The number of hydrogen-bond acceptors (Lipinski definition) is 3. The first kappa shape index (κ1) is 46.9. The second-order valence-corrected chi connectivity index (χ2v) is 18.9. The predicted molar refractivity (Wildman–Crippen MR) is 216 cm³/mol. The molecule has 0 radical (unpaired) electrons. The second kappa shape index (κ2) is 28.4. The molecule has 3 heteroatoms. The van der Waals surface area contributed by atoms with E-state index in [1.165, 1.54) is 128 Å². The summed E-state index contributed by atoms with van der Waals surface area (Å²) in [6, 6.07) is 0. The van der Waals surface area contributed by atoms with Crippen molar-refractivity contribution in [3.8, 4) is 0 Å². The first-order valence-corrected chi connectivity index (χ1v) is 22.3. The largest absolute Gasteiger partial charge is 0.396 e. The third-order valence-corrected chi connectivity index (χ3v) is 12.2. The predicted octanol–water partition coefficient (Wildman–Crippen LogP) is 14.6. The first-order valence-electron chi connectivity index (χ1n) is 22.3. The minimum absolute atomic E-state index is 0.148. The maximum atomic E-state index is 9.39. The topological polar surface area (TPSA) is 38.7 Å². The Morgan fingerprint density at radius 2 is 0.755 bits per heavy atom. The minimum Gasteiger partial charge on any atom is -0.396 e. The zero-order chi connectivity index (χ0) is 36.5. The molecule has 0 bridgehead atoms. The molecule has 0 saturated carbocycles. The molecule has 1 heterocycles. The third kappa shape index (κ3) is 25.5. The smallest absolute Gasteiger partial charge is 0.168 e. The summed E-state index contributed by atoms with van der Waals surface area (Å²) in [6.45, 7) is 25.1. The van der Waals surface area contributed by atoms with Crippen LogP contribution in [-0.4, -0.2) is 30.2 Å². The first-order chi connectivity index (χ1) is 23.3. The number of hydrogen-bond donors (Lipinski definition) is 1. The summed E-state index contributed by atoms with van der Waals surface area (Å²) in [5, 5.41) is 9.39. The molecule has 0 aromatic rings. The van der Waals surface area contributed by atoms with Crippen LogP contribution in [0.1, 0.15) is 223 Å². The van der Waals surface area contributed by atoms with Gasteiger partial charge in [0.15, 0.2) is 5.79 Å². The Bertz CT molecular complexity index is 686. The number of ether oxygens (including phenoxy) is 2. The Morgan fingerprint density at radius 3 is 1.06 bits per heavy atom. The fraction of sp³-hybridized carbons (Fsp3) is 1.00. The van der Waals surface area contributed by atoms with Crippen LogP contribution in [0.5, 0.6) is 0 Å². The molecule has 1 fully saturated rings. The quantitative estimate of drug-likeness (QED) is 0.0744. The molecule has 1 saturated heterocycles. The molecule has 294 valence electrons. The van der Waals surface area contributed by atoms with Crippen molar-refractivity contribution in [3.63, 3.8) is 0 Å². The van der Waals surface area contributed by atoms with E-state index in [2.05, 4.69) is 69.2 Å². The molecule has 0 aromatic carbocycles. The van der Waals surface area contributed by atoms with Gasteiger partial charge >= 0.3 is 0 Å². The molecule has 1 rings (SSSR count). The summed E-state index contributed by atoms with van der Waals surface area (Å²) in [4.78, 5) is 0. The highest BCUT2D eigenvalue weighted by atomic mass is 16.7. The van der Waals surface area contributed by atoms with Crippen molar-refractivity contribution in [2.24, 2.45) is 47.3 Å². The average Bonchev–Trinajstić information content (AvgIpc) is 3.45. The molecule has 1 aliphatic rings. The molecule has 0 spiro atoms. The Kier molecular flexibility index (Phi) is 27.2. The molecule has 0 amide bonds. The van der Waals surface area contributed by atoms with Crippen LogP contribution in [0.25, 0.3) is 0 Å². The molecule has 1 aliphatic heterocycles. The van der Waals surface area contributed by atoms with Crippen LogP contribution in [0.15, 0.2) is 0 Å². The van der Waals surface area contributed by atoms with Crippen LogP contribution in [-0.2, 0) is 9.47 Å². The molecular weight excluding hydrogens is 601 g/mol. The van der Waals surface area contributed by atoms with E-state index in [0.717, 1.165) is 73.0 Å². The van der Waals surface area contributed by atoms with Gasteiger partial charge in [-0.05, 0) is 73.0 Å². The molecule has 7 atom stereocenters. The highest BCUT2D eigenvalue weighted by Gasteiger charge is 2.41. The van der Waals surface area contributed by atoms with Gasteiger partial charge in [0.2, 0.25) is 0 Å². The van der Waals surface area contributed by atoms with Crippen LogP contribution in [0, 0.1) is 47.3 Å². The highest BCUT2D eigenvalue weighted by molar-refractivity contribution is 4.81. The molecule has 7 unspecified atom stereocenters. The molecule has 0 aromatic heterocycles. The Labute approximate surface area is 309 Å². The normalized spacial score (nSPS) is 22.1. The highest BCUT2D eigenvalue weighted by Crippen LogP contribution is 2.38. The summed E-state index contributed by atoms with van der Waals surface area (Å²) in [5.41, 5.74) is 0. The van der Waals surface area contributed by atoms with Crippen LogP contribution in [0.2, 0.25) is 0 Å². The van der Waals surface area contributed by atoms with E-state index < -0.39 is 5.79 Å². The van der Waals surface area contributed by atoms with Crippen LogP contribution < -0.4 is 0 Å². The molecular formula is C46H92O3. The monoisotopic (exact) mass is 693 g/mol. The lowest BCUT2D eigenvalue weighted by molar-refractivity contribution is -0.182. The van der Waals surface area contributed by atoms with E-state index >= 15 is 0 Å². The van der Waals surface area contributed by atoms with Gasteiger partial charge in [-0.1, -0.05) is 185 Å². The Morgan fingerprint density at radius 1 is 0.449 bits per heavy atom. The SMILES string of the molecule is CC(C)CCCC(C)CCCC(C)CCCC(C)CCC1(CCC(C)CCCC(C)CCCC(C)CCCC(C)C)OCC(CCCO)O1. The van der Waals surface area contributed by atoms with Gasteiger partial charge in [0.1, 0.15) is 0 Å². The van der Waals surface area contributed by atoms with Gasteiger partial charge in [0, 0.05) is 19.4 Å². The lowest BCUT2D eigenvalue weighted by Crippen LogP contribution is -2.32. The van der Waals surface area contributed by atoms with E-state index in [9.17, 15) is 5.11 Å². The van der Waals surface area contributed by atoms with E-state index in [-0.39, 0.29) is 12.7 Å². The maximum absolute atomic E-state index is 9.39. The van der Waals surface area contributed by atoms with E-state index in [4.69, 9.17) is 9.47 Å². The van der Waals surface area contributed by atoms with Gasteiger partial charge in [-0.15, -0.1) is 0 Å². The van der Waals surface area contributed by atoms with Gasteiger partial charge in [0.05, 0.1) is 12.7 Å². The van der Waals surface area contributed by atoms with Crippen molar-refractivity contribution >= 4 is 0 Å². The van der Waals surface area contributed by atoms with Gasteiger partial charge in [-0.2, -0.15) is 0 Å². The summed E-state index contributed by atoms with van der Waals surface area (Å²) in [5.74, 6) is 6.23. The molecule has 0 aliphatic carbocycles. The minimum atomic E-state index is -0.402. The third-order valence-electron chi connectivity index (χ3n) is 12.2. The fourth-order valence-electron chi connectivity index (χ4n) is 8.27. The molecule has 1 N–H and O–H groups in total. The number of aliphatic hydroxyl groups excluding tert-OH is 1. The van der Waals surface area contributed by atoms with Gasteiger partial charge < -0.3 is 14.6 Å². The maximum Gasteiger partial charge on any atom is 0.168 e. The van der Waals surface area contributed by atoms with E-state index in [0.29, 0.717) is 6.61 Å². The van der Waals surface area contributed by atoms with Crippen molar-refractivity contribution in [1.82, 2.24) is 0 Å². The summed E-state index contributed by atoms with van der Waals surface area (Å²) >= 11 is 0. The van der Waals surface area contributed by atoms with Gasteiger partial charge in [-0.25, -0.2) is 0 Å². The second-order valence-electron chi connectivity index (χ2n) is 18.9. The zero-order valence-corrected chi connectivity index (χ0v) is 35.3. The van der Waals surface area contributed by atoms with Crippen molar-refractivity contribution < 1.29 is 14.6 Å². The summed E-state index contributed by atoms with van der Waals surface area (Å²) in [7, 11) is 0. The zero-order valence-electron chi connectivity index (χ0n) is 35.3. The van der Waals surface area contributed by atoms with Crippen molar-refractivity contribution in [2.75, 3.05) is 13.2 Å². The standard InChI is InChI=1S/C46H92O3/c1-37(2)18-11-20-39(5)22-13-24-41(7)26-15-28-43(9)31-33-46(48-36-45(49-46)30-17-35-47)34-32-44(10)29-16-27-42(8)25-14-23-40(6)21-12-19-38(3)4/h37-45,47H,11-36H2,1-10H3. The lowest BCUT2D eigenvalue weighted by Gasteiger charge is -2.31. The number of aliphatic hydroxyl groups is 1. The van der Waals surface area contributed by atoms with Gasteiger partial charge in [0.25, 0.3) is 0 Å². The Hall–Kier alpha value is -0.120. The lowest BCUT2D eigenvalue weighted by atomic mass is 9.88. The van der Waals surface area contributed by atoms with E-state index in [1.54, 1.807) is 0 Å². The van der Waals surface area contributed by atoms with Crippen LogP contribution >= 0.6 is 0 Å². The van der Waals surface area contributed by atoms with Crippen LogP contribution in [0.3, 0.4) is 0 Å². The summed E-state index contributed by atoms with van der Waals surface area (Å²) in [6.07, 6.45) is 31.3. The van der Waals surface area contributed by atoms with Gasteiger partial charge in [-0.3, -0.25) is 0 Å². The average molecular weight is 693 g/mol. The van der Waals surface area contributed by atoms with Crippen molar-refractivity contribution in [1.29, 1.82) is 0 Å². The summed E-state index contributed by atoms with van der Waals surface area (Å²) < 4.78 is 13.2. The molecule has 49 heavy (non-hydrogen) atoms. The number of rotatable bonds is 33. The molecule has 3 nitrogen and oxygen atoms in total. The van der Waals surface area contributed by atoms with Crippen LogP contribution in [0.4, 0.5) is 0 Å². The van der Waals surface area contributed by atoms with E-state index in [1.807, 2.05) is 0 Å². The fourth-order valence-corrected chi connectivity index (χ4v) is 8.27. The van der Waals surface area contributed by atoms with Crippen molar-refractivity contribution in [3.05, 3.63) is 0 Å².